The van der Waals surface area contributed by atoms with Crippen LogP contribution in [0.3, 0.4) is 0 Å². The number of nitrogens with two attached hydrogens (primary N) is 1. The van der Waals surface area contributed by atoms with Gasteiger partial charge in [0.05, 0.1) is 0 Å². The quantitative estimate of drug-likeness (QED) is 0.863. The molecule has 0 unspecified atom stereocenters. The Morgan fingerprint density at radius 2 is 2.10 bits per heavy atom. The molecule has 0 aliphatic heterocycles. The highest BCUT2D eigenvalue weighted by Crippen LogP contribution is 2.23. The smallest absolute Gasteiger partial charge is 0.275 e. The first-order chi connectivity index (χ1) is 10.1. The molecule has 1 amide bonds. The van der Waals surface area contributed by atoms with Crippen LogP contribution in [0.5, 0.6) is 0 Å². The first-order valence-electron chi connectivity index (χ1n) is 7.95. The third-order valence-corrected chi connectivity index (χ3v) is 4.85. The topological polar surface area (TPSA) is 45.7 Å². The lowest BCUT2D eigenvalue weighted by atomic mass is 9.86. The lowest BCUT2D eigenvalue weighted by Gasteiger charge is -2.29. The van der Waals surface area contributed by atoms with E-state index >= 15 is 0 Å². The Morgan fingerprint density at radius 1 is 1.38 bits per heavy atom. The molecule has 1 aromatic carbocycles. The zero-order valence-corrected chi connectivity index (χ0v) is 13.7. The summed E-state index contributed by atoms with van der Waals surface area (Å²) in [5.74, 6) is 0.733. The second-order valence-electron chi connectivity index (χ2n) is 6.19. The first kappa shape index (κ1) is 16.3. The molecule has 1 aliphatic rings. The van der Waals surface area contributed by atoms with Crippen molar-refractivity contribution in [1.82, 2.24) is 5.32 Å². The normalized spacial score (nSPS) is 23.6. The molecule has 1 aliphatic carbocycles. The zero-order valence-electron chi connectivity index (χ0n) is 12.9. The van der Waals surface area contributed by atoms with Crippen LogP contribution in [0, 0.1) is 5.92 Å². The van der Waals surface area contributed by atoms with Crippen LogP contribution in [-0.2, 0) is 4.79 Å². The number of carbonyl (C=O) groups excluding carboxylic acids is 1. The van der Waals surface area contributed by atoms with Crippen molar-refractivity contribution in [2.24, 2.45) is 5.92 Å². The van der Waals surface area contributed by atoms with Gasteiger partial charge in [-0.1, -0.05) is 49.6 Å². The first-order valence-corrected chi connectivity index (χ1v) is 8.33. The van der Waals surface area contributed by atoms with Crippen LogP contribution in [0.15, 0.2) is 24.3 Å². The number of halogens is 1. The SMILES string of the molecule is C[C@H]([NH2+]CC(=O)N[C@H]1CCCC[C@@H]1C)c1ccccc1Cl. The number of carbonyl (C=O) groups is 1. The van der Waals surface area contributed by atoms with E-state index in [0.717, 1.165) is 17.0 Å². The number of benzene rings is 1. The highest BCUT2D eigenvalue weighted by atomic mass is 35.5. The summed E-state index contributed by atoms with van der Waals surface area (Å²) in [5.41, 5.74) is 1.08. The van der Waals surface area contributed by atoms with Crippen molar-refractivity contribution >= 4 is 17.5 Å². The molecule has 1 aromatic rings. The average molecular weight is 310 g/mol. The monoisotopic (exact) mass is 309 g/mol. The van der Waals surface area contributed by atoms with E-state index in [0.29, 0.717) is 18.5 Å². The molecule has 0 spiro atoms. The summed E-state index contributed by atoms with van der Waals surface area (Å²) < 4.78 is 0. The molecule has 0 radical (unpaired) electrons. The Hall–Kier alpha value is -1.06. The molecule has 1 saturated carbocycles. The summed E-state index contributed by atoms with van der Waals surface area (Å²) in [7, 11) is 0. The van der Waals surface area contributed by atoms with E-state index in [1.54, 1.807) is 0 Å². The Morgan fingerprint density at radius 3 is 2.81 bits per heavy atom. The van der Waals surface area contributed by atoms with Crippen molar-refractivity contribution in [3.05, 3.63) is 34.9 Å². The van der Waals surface area contributed by atoms with E-state index in [1.165, 1.54) is 19.3 Å². The van der Waals surface area contributed by atoms with Gasteiger partial charge in [0, 0.05) is 16.6 Å². The fourth-order valence-electron chi connectivity index (χ4n) is 3.05. The number of amides is 1. The Balaban J connectivity index is 1.79. The van der Waals surface area contributed by atoms with Crippen LogP contribution in [0.1, 0.15) is 51.1 Å². The molecule has 116 valence electrons. The molecule has 21 heavy (non-hydrogen) atoms. The fraction of sp³-hybridized carbons (Fsp3) is 0.588. The van der Waals surface area contributed by atoms with Gasteiger partial charge in [-0.15, -0.1) is 0 Å². The number of quaternary nitrogens is 1. The molecular formula is C17H26ClN2O+. The summed E-state index contributed by atoms with van der Waals surface area (Å²) in [5, 5.41) is 6.00. The van der Waals surface area contributed by atoms with Gasteiger partial charge in [-0.25, -0.2) is 0 Å². The Kier molecular flexibility index (Phi) is 6.07. The van der Waals surface area contributed by atoms with Crippen LogP contribution >= 0.6 is 11.6 Å². The van der Waals surface area contributed by atoms with E-state index in [2.05, 4.69) is 19.2 Å². The summed E-state index contributed by atoms with van der Waals surface area (Å²) in [4.78, 5) is 12.1. The van der Waals surface area contributed by atoms with Crippen LogP contribution in [-0.4, -0.2) is 18.5 Å². The molecule has 0 bridgehead atoms. The maximum atomic E-state index is 12.1. The summed E-state index contributed by atoms with van der Waals surface area (Å²) in [6.45, 7) is 4.77. The lowest BCUT2D eigenvalue weighted by Crippen LogP contribution is -2.87. The van der Waals surface area contributed by atoms with Crippen molar-refractivity contribution in [3.8, 4) is 0 Å². The third-order valence-electron chi connectivity index (χ3n) is 4.51. The van der Waals surface area contributed by atoms with Gasteiger partial charge in [0.1, 0.15) is 6.04 Å². The highest BCUT2D eigenvalue weighted by Gasteiger charge is 2.23. The van der Waals surface area contributed by atoms with Gasteiger partial charge in [-0.3, -0.25) is 4.79 Å². The fourth-order valence-corrected chi connectivity index (χ4v) is 3.36. The van der Waals surface area contributed by atoms with Gasteiger partial charge in [0.2, 0.25) is 0 Å². The highest BCUT2D eigenvalue weighted by molar-refractivity contribution is 6.31. The molecule has 3 nitrogen and oxygen atoms in total. The molecular weight excluding hydrogens is 284 g/mol. The average Bonchev–Trinajstić information content (AvgIpc) is 2.48. The maximum absolute atomic E-state index is 12.1. The van der Waals surface area contributed by atoms with E-state index in [4.69, 9.17) is 11.6 Å². The summed E-state index contributed by atoms with van der Waals surface area (Å²) in [6, 6.07) is 8.37. The van der Waals surface area contributed by atoms with Gasteiger partial charge >= 0.3 is 0 Å². The van der Waals surface area contributed by atoms with Crippen molar-refractivity contribution in [1.29, 1.82) is 0 Å². The third kappa shape index (κ3) is 4.72. The van der Waals surface area contributed by atoms with Gasteiger partial charge in [-0.05, 0) is 31.7 Å². The standard InChI is InChI=1S/C17H25ClN2O/c1-12-7-3-6-10-16(12)20-17(21)11-19-13(2)14-8-4-5-9-15(14)18/h4-5,8-9,12-13,16,19H,3,6-7,10-11H2,1-2H3,(H,20,21)/p+1/t12-,13-,16-/m0/s1. The molecule has 0 aromatic heterocycles. The maximum Gasteiger partial charge on any atom is 0.275 e. The molecule has 2 rings (SSSR count). The van der Waals surface area contributed by atoms with Gasteiger partial charge < -0.3 is 10.6 Å². The number of hydrogen-bond acceptors (Lipinski definition) is 1. The van der Waals surface area contributed by atoms with Gasteiger partial charge in [-0.2, -0.15) is 0 Å². The Bertz CT molecular complexity index is 478. The Labute approximate surface area is 132 Å². The lowest BCUT2D eigenvalue weighted by molar-refractivity contribution is -0.682. The van der Waals surface area contributed by atoms with Crippen molar-refractivity contribution in [3.63, 3.8) is 0 Å². The van der Waals surface area contributed by atoms with E-state index < -0.39 is 0 Å². The number of hydrogen-bond donors (Lipinski definition) is 2. The van der Waals surface area contributed by atoms with Gasteiger partial charge in [0.15, 0.2) is 6.54 Å². The molecule has 3 N–H and O–H groups in total. The largest absolute Gasteiger partial charge is 0.348 e. The van der Waals surface area contributed by atoms with E-state index in [-0.39, 0.29) is 11.9 Å². The second-order valence-corrected chi connectivity index (χ2v) is 6.59. The summed E-state index contributed by atoms with van der Waals surface area (Å²) >= 11 is 6.19. The molecule has 0 saturated heterocycles. The van der Waals surface area contributed by atoms with Crippen molar-refractivity contribution in [2.45, 2.75) is 51.6 Å². The van der Waals surface area contributed by atoms with Crippen LogP contribution in [0.4, 0.5) is 0 Å². The number of rotatable bonds is 5. The summed E-state index contributed by atoms with van der Waals surface area (Å²) in [6.07, 6.45) is 4.87. The predicted molar refractivity (Wildman–Crippen MR) is 86.2 cm³/mol. The second kappa shape index (κ2) is 7.81. The molecule has 4 heteroatoms. The van der Waals surface area contributed by atoms with E-state index in [9.17, 15) is 4.79 Å². The molecule has 3 atom stereocenters. The van der Waals surface area contributed by atoms with Crippen molar-refractivity contribution < 1.29 is 10.1 Å². The van der Waals surface area contributed by atoms with Crippen molar-refractivity contribution in [2.75, 3.05) is 6.54 Å². The van der Waals surface area contributed by atoms with Gasteiger partial charge in [0.25, 0.3) is 5.91 Å². The minimum absolute atomic E-state index is 0.132. The van der Waals surface area contributed by atoms with Crippen LogP contribution in [0.25, 0.3) is 0 Å². The number of nitrogens with one attached hydrogen (secondary N) is 1. The zero-order chi connectivity index (χ0) is 15.2. The van der Waals surface area contributed by atoms with Crippen LogP contribution < -0.4 is 10.6 Å². The molecule has 1 fully saturated rings. The predicted octanol–water partition coefficient (Wildman–Crippen LogP) is 2.66. The van der Waals surface area contributed by atoms with E-state index in [1.807, 2.05) is 29.6 Å². The molecule has 0 heterocycles. The van der Waals surface area contributed by atoms with Crippen LogP contribution in [0.2, 0.25) is 5.02 Å². The minimum Gasteiger partial charge on any atom is -0.348 e. The minimum atomic E-state index is 0.132.